The van der Waals surface area contributed by atoms with Crippen LogP contribution in [0.2, 0.25) is 0 Å². The molecule has 0 aliphatic carbocycles. The van der Waals surface area contributed by atoms with Gasteiger partial charge in [0.15, 0.2) is 0 Å². The highest BCUT2D eigenvalue weighted by Gasteiger charge is 2.28. The summed E-state index contributed by atoms with van der Waals surface area (Å²) in [7, 11) is 0. The van der Waals surface area contributed by atoms with Gasteiger partial charge < -0.3 is 9.80 Å². The van der Waals surface area contributed by atoms with Crippen LogP contribution in [-0.2, 0) is 11.2 Å². The molecular formula is C19H21N3O2S. The molecule has 0 bridgehead atoms. The van der Waals surface area contributed by atoms with Crippen molar-refractivity contribution in [3.05, 3.63) is 59.8 Å². The largest absolute Gasteiger partial charge is 0.339 e. The Kier molecular flexibility index (Phi) is 5.71. The van der Waals surface area contributed by atoms with Crippen molar-refractivity contribution in [3.63, 3.8) is 0 Å². The lowest BCUT2D eigenvalue weighted by atomic mass is 10.1. The first kappa shape index (κ1) is 17.5. The first-order valence-electron chi connectivity index (χ1n) is 8.29. The zero-order valence-corrected chi connectivity index (χ0v) is 15.0. The monoisotopic (exact) mass is 355 g/mol. The van der Waals surface area contributed by atoms with Crippen molar-refractivity contribution >= 4 is 23.6 Å². The van der Waals surface area contributed by atoms with E-state index >= 15 is 0 Å². The molecule has 0 N–H and O–H groups in total. The van der Waals surface area contributed by atoms with Crippen molar-refractivity contribution in [2.45, 2.75) is 11.4 Å². The molecule has 3 rings (SSSR count). The minimum atomic E-state index is -0.117. The Morgan fingerprint density at radius 2 is 1.96 bits per heavy atom. The quantitative estimate of drug-likeness (QED) is 0.773. The second-order valence-electron chi connectivity index (χ2n) is 5.90. The topological polar surface area (TPSA) is 53.5 Å². The fourth-order valence-corrected chi connectivity index (χ4v) is 3.46. The summed E-state index contributed by atoms with van der Waals surface area (Å²) in [6.45, 7) is 1.96. The molecule has 25 heavy (non-hydrogen) atoms. The van der Waals surface area contributed by atoms with Crippen LogP contribution in [0, 0.1) is 0 Å². The van der Waals surface area contributed by atoms with Gasteiger partial charge in [0.05, 0.1) is 5.56 Å². The average Bonchev–Trinajstić information content (AvgIpc) is 2.67. The van der Waals surface area contributed by atoms with Crippen LogP contribution in [0.4, 0.5) is 0 Å². The van der Waals surface area contributed by atoms with Crippen LogP contribution in [0.3, 0.4) is 0 Å². The van der Waals surface area contributed by atoms with Crippen LogP contribution in [0.5, 0.6) is 0 Å². The lowest BCUT2D eigenvalue weighted by Gasteiger charge is -2.34. The third-order valence-electron chi connectivity index (χ3n) is 4.31. The van der Waals surface area contributed by atoms with E-state index in [-0.39, 0.29) is 18.4 Å². The maximum atomic E-state index is 12.7. The number of piperazine rings is 1. The van der Waals surface area contributed by atoms with Gasteiger partial charge in [0.1, 0.15) is 11.6 Å². The predicted molar refractivity (Wildman–Crippen MR) is 98.6 cm³/mol. The minimum absolute atomic E-state index is 0.00474. The van der Waals surface area contributed by atoms with Gasteiger partial charge in [0.2, 0.25) is 5.91 Å². The van der Waals surface area contributed by atoms with Gasteiger partial charge in [-0.15, -0.1) is 11.8 Å². The second kappa shape index (κ2) is 8.16. The van der Waals surface area contributed by atoms with Crippen LogP contribution < -0.4 is 0 Å². The predicted octanol–water partition coefficient (Wildman–Crippen LogP) is 2.33. The van der Waals surface area contributed by atoms with E-state index in [4.69, 9.17) is 0 Å². The number of hydrogen-bond donors (Lipinski definition) is 0. The number of amides is 2. The van der Waals surface area contributed by atoms with E-state index in [1.165, 1.54) is 17.3 Å². The number of pyridine rings is 1. The van der Waals surface area contributed by atoms with Gasteiger partial charge in [-0.05, 0) is 30.4 Å². The number of aromatic nitrogens is 1. The zero-order valence-electron chi connectivity index (χ0n) is 14.2. The molecular weight excluding hydrogens is 334 g/mol. The van der Waals surface area contributed by atoms with E-state index < -0.39 is 0 Å². The van der Waals surface area contributed by atoms with Crippen molar-refractivity contribution < 1.29 is 9.59 Å². The summed E-state index contributed by atoms with van der Waals surface area (Å²) in [4.78, 5) is 32.8. The third kappa shape index (κ3) is 4.20. The maximum Gasteiger partial charge on any atom is 0.257 e. The lowest BCUT2D eigenvalue weighted by Crippen LogP contribution is -2.52. The molecule has 130 valence electrons. The van der Waals surface area contributed by atoms with E-state index in [9.17, 15) is 9.59 Å². The van der Waals surface area contributed by atoms with Crippen LogP contribution in [0.25, 0.3) is 0 Å². The van der Waals surface area contributed by atoms with Crippen molar-refractivity contribution in [3.8, 4) is 0 Å². The lowest BCUT2D eigenvalue weighted by molar-refractivity contribution is -0.134. The van der Waals surface area contributed by atoms with Crippen molar-refractivity contribution in [2.24, 2.45) is 0 Å². The summed E-state index contributed by atoms with van der Waals surface area (Å²) >= 11 is 1.44. The number of benzene rings is 1. The number of carbonyl (C=O) groups excluding carboxylic acids is 2. The molecule has 2 amide bonds. The summed E-state index contributed by atoms with van der Waals surface area (Å²) in [6, 6.07) is 13.7. The molecule has 6 heteroatoms. The molecule has 0 atom stereocenters. The number of nitrogens with zero attached hydrogens (tertiary/aromatic N) is 3. The molecule has 0 spiro atoms. The molecule has 1 aromatic heterocycles. The van der Waals surface area contributed by atoms with Gasteiger partial charge in [-0.2, -0.15) is 0 Å². The van der Waals surface area contributed by atoms with Gasteiger partial charge in [-0.1, -0.05) is 30.3 Å². The SMILES string of the molecule is CSc1ncccc1C(=O)N1CCN(CCc2ccccc2)C(=O)C1. The molecule has 2 aromatic rings. The molecule has 1 fully saturated rings. The molecule has 0 radical (unpaired) electrons. The normalized spacial score (nSPS) is 14.7. The summed E-state index contributed by atoms with van der Waals surface area (Å²) in [6.07, 6.45) is 4.40. The number of hydrogen-bond acceptors (Lipinski definition) is 4. The van der Waals surface area contributed by atoms with E-state index in [1.54, 1.807) is 23.2 Å². The highest BCUT2D eigenvalue weighted by Crippen LogP contribution is 2.19. The highest BCUT2D eigenvalue weighted by molar-refractivity contribution is 7.98. The first-order chi connectivity index (χ1) is 12.2. The molecule has 0 saturated carbocycles. The number of rotatable bonds is 5. The van der Waals surface area contributed by atoms with E-state index in [2.05, 4.69) is 17.1 Å². The van der Waals surface area contributed by atoms with Gasteiger partial charge in [-0.25, -0.2) is 4.98 Å². The number of thioether (sulfide) groups is 1. The van der Waals surface area contributed by atoms with E-state index in [0.717, 1.165) is 6.42 Å². The van der Waals surface area contributed by atoms with Crippen LogP contribution in [0.1, 0.15) is 15.9 Å². The van der Waals surface area contributed by atoms with E-state index in [1.807, 2.05) is 29.4 Å². The van der Waals surface area contributed by atoms with Crippen LogP contribution >= 0.6 is 11.8 Å². The molecule has 1 aliphatic rings. The molecule has 2 heterocycles. The van der Waals surface area contributed by atoms with Crippen molar-refractivity contribution in [2.75, 3.05) is 32.4 Å². The Hall–Kier alpha value is -2.34. The Morgan fingerprint density at radius 3 is 2.68 bits per heavy atom. The Labute approximate surface area is 152 Å². The maximum absolute atomic E-state index is 12.7. The summed E-state index contributed by atoms with van der Waals surface area (Å²) in [5.41, 5.74) is 1.79. The van der Waals surface area contributed by atoms with Gasteiger partial charge >= 0.3 is 0 Å². The second-order valence-corrected chi connectivity index (χ2v) is 6.70. The third-order valence-corrected chi connectivity index (χ3v) is 5.03. The molecule has 1 aliphatic heterocycles. The van der Waals surface area contributed by atoms with Gasteiger partial charge in [0.25, 0.3) is 5.91 Å². The summed E-state index contributed by atoms with van der Waals surface area (Å²) in [5, 5.41) is 0.700. The van der Waals surface area contributed by atoms with E-state index in [0.29, 0.717) is 30.2 Å². The minimum Gasteiger partial charge on any atom is -0.339 e. The average molecular weight is 355 g/mol. The summed E-state index contributed by atoms with van der Waals surface area (Å²) in [5.74, 6) is -0.112. The standard InChI is InChI=1S/C19H21N3O2S/c1-25-18-16(8-5-10-20-18)19(24)22-13-12-21(17(23)14-22)11-9-15-6-3-2-4-7-15/h2-8,10H,9,11-14H2,1H3. The Balaban J connectivity index is 1.59. The molecule has 1 aromatic carbocycles. The van der Waals surface area contributed by atoms with Crippen molar-refractivity contribution in [1.82, 2.24) is 14.8 Å². The smallest absolute Gasteiger partial charge is 0.257 e. The van der Waals surface area contributed by atoms with Crippen molar-refractivity contribution in [1.29, 1.82) is 0 Å². The zero-order chi connectivity index (χ0) is 17.6. The molecule has 0 unspecified atom stereocenters. The molecule has 5 nitrogen and oxygen atoms in total. The Bertz CT molecular complexity index is 751. The van der Waals surface area contributed by atoms with Gasteiger partial charge in [0, 0.05) is 25.8 Å². The highest BCUT2D eigenvalue weighted by atomic mass is 32.2. The fourth-order valence-electron chi connectivity index (χ4n) is 2.91. The Morgan fingerprint density at radius 1 is 1.16 bits per heavy atom. The van der Waals surface area contributed by atoms with Crippen LogP contribution in [0.15, 0.2) is 53.7 Å². The first-order valence-corrected chi connectivity index (χ1v) is 9.51. The molecule has 1 saturated heterocycles. The van der Waals surface area contributed by atoms with Crippen LogP contribution in [-0.4, -0.2) is 59.0 Å². The van der Waals surface area contributed by atoms with Gasteiger partial charge in [-0.3, -0.25) is 9.59 Å². The fraction of sp³-hybridized carbons (Fsp3) is 0.316. The number of carbonyl (C=O) groups is 2. The summed E-state index contributed by atoms with van der Waals surface area (Å²) < 4.78 is 0.